The number of H-pyrrole nitrogens is 1. The van der Waals surface area contributed by atoms with Crippen molar-refractivity contribution < 1.29 is 8.81 Å². The van der Waals surface area contributed by atoms with Crippen LogP contribution in [0.15, 0.2) is 56.1 Å². The standard InChI is InChI=1S/C16H8BrFN2O2/c17-9-3-6-12-11(7-9)14-13(15(21)19-12)20-16(22-14)8-1-4-10(18)5-2-8/h1-7H,(H,19,21). The van der Waals surface area contributed by atoms with Gasteiger partial charge in [0.05, 0.1) is 5.52 Å². The Hall–Kier alpha value is -2.47. The summed E-state index contributed by atoms with van der Waals surface area (Å²) in [4.78, 5) is 19.1. The molecule has 0 saturated heterocycles. The number of nitrogens with one attached hydrogen (secondary N) is 1. The fraction of sp³-hybridized carbons (Fsp3) is 0. The van der Waals surface area contributed by atoms with Crippen LogP contribution in [0.5, 0.6) is 0 Å². The van der Waals surface area contributed by atoms with Gasteiger partial charge in [-0.2, -0.15) is 0 Å². The highest BCUT2D eigenvalue weighted by Gasteiger charge is 2.15. The largest absolute Gasteiger partial charge is 0.435 e. The summed E-state index contributed by atoms with van der Waals surface area (Å²) < 4.78 is 19.6. The summed E-state index contributed by atoms with van der Waals surface area (Å²) in [6.45, 7) is 0. The smallest absolute Gasteiger partial charge is 0.278 e. The molecule has 0 fully saturated rings. The van der Waals surface area contributed by atoms with Crippen LogP contribution < -0.4 is 5.56 Å². The third kappa shape index (κ3) is 2.03. The lowest BCUT2D eigenvalue weighted by Gasteiger charge is -1.98. The third-order valence-electron chi connectivity index (χ3n) is 3.41. The van der Waals surface area contributed by atoms with Gasteiger partial charge in [0.25, 0.3) is 5.56 Å². The summed E-state index contributed by atoms with van der Waals surface area (Å²) in [5.74, 6) is -0.0555. The zero-order valence-corrected chi connectivity index (χ0v) is 12.6. The van der Waals surface area contributed by atoms with Crippen molar-refractivity contribution in [2.75, 3.05) is 0 Å². The molecular weight excluding hydrogens is 351 g/mol. The van der Waals surface area contributed by atoms with E-state index in [9.17, 15) is 9.18 Å². The van der Waals surface area contributed by atoms with Gasteiger partial charge in [-0.15, -0.1) is 0 Å². The molecule has 0 amide bonds. The molecule has 0 aliphatic rings. The molecule has 0 aliphatic heterocycles. The third-order valence-corrected chi connectivity index (χ3v) is 3.90. The highest BCUT2D eigenvalue weighted by Crippen LogP contribution is 2.28. The van der Waals surface area contributed by atoms with E-state index in [1.54, 1.807) is 18.2 Å². The molecule has 6 heteroatoms. The van der Waals surface area contributed by atoms with Gasteiger partial charge in [-0.1, -0.05) is 15.9 Å². The molecule has 0 bridgehead atoms. The fourth-order valence-corrected chi connectivity index (χ4v) is 2.73. The molecule has 0 spiro atoms. The summed E-state index contributed by atoms with van der Waals surface area (Å²) >= 11 is 3.40. The number of nitrogens with zero attached hydrogens (tertiary/aromatic N) is 1. The minimum absolute atomic E-state index is 0.227. The van der Waals surface area contributed by atoms with Crippen LogP contribution in [0.2, 0.25) is 0 Å². The molecule has 0 unspecified atom stereocenters. The Morgan fingerprint density at radius 3 is 2.68 bits per heavy atom. The summed E-state index contributed by atoms with van der Waals surface area (Å²) in [6, 6.07) is 11.2. The number of benzene rings is 2. The molecule has 2 aromatic heterocycles. The zero-order chi connectivity index (χ0) is 15.3. The number of pyridine rings is 1. The predicted octanol–water partition coefficient (Wildman–Crippen LogP) is 4.24. The van der Waals surface area contributed by atoms with Gasteiger partial charge in [-0.3, -0.25) is 4.79 Å². The quantitative estimate of drug-likeness (QED) is 0.553. The molecular formula is C16H8BrFN2O2. The molecule has 2 heterocycles. The molecule has 1 N–H and O–H groups in total. The summed E-state index contributed by atoms with van der Waals surface area (Å²) in [6.07, 6.45) is 0. The summed E-state index contributed by atoms with van der Waals surface area (Å²) in [5, 5.41) is 0.754. The number of aromatic nitrogens is 2. The van der Waals surface area contributed by atoms with E-state index in [-0.39, 0.29) is 22.8 Å². The maximum absolute atomic E-state index is 13.0. The lowest BCUT2D eigenvalue weighted by molar-refractivity contribution is 0.618. The molecule has 0 radical (unpaired) electrons. The maximum atomic E-state index is 13.0. The van der Waals surface area contributed by atoms with Crippen molar-refractivity contribution in [3.63, 3.8) is 0 Å². The topological polar surface area (TPSA) is 58.9 Å². The van der Waals surface area contributed by atoms with E-state index >= 15 is 0 Å². The highest BCUT2D eigenvalue weighted by atomic mass is 79.9. The van der Waals surface area contributed by atoms with Crippen molar-refractivity contribution in [2.45, 2.75) is 0 Å². The molecule has 4 aromatic rings. The van der Waals surface area contributed by atoms with Crippen LogP contribution in [-0.4, -0.2) is 9.97 Å². The first-order valence-electron chi connectivity index (χ1n) is 6.50. The van der Waals surface area contributed by atoms with Gasteiger partial charge >= 0.3 is 0 Å². The van der Waals surface area contributed by atoms with Gasteiger partial charge in [0.1, 0.15) is 5.82 Å². The lowest BCUT2D eigenvalue weighted by Crippen LogP contribution is -2.05. The number of rotatable bonds is 1. The van der Waals surface area contributed by atoms with Crippen molar-refractivity contribution in [3.8, 4) is 11.5 Å². The molecule has 0 atom stereocenters. The zero-order valence-electron chi connectivity index (χ0n) is 11.1. The van der Waals surface area contributed by atoms with Crippen molar-refractivity contribution in [2.24, 2.45) is 0 Å². The monoisotopic (exact) mass is 358 g/mol. The Bertz CT molecular complexity index is 1070. The van der Waals surface area contributed by atoms with E-state index < -0.39 is 0 Å². The van der Waals surface area contributed by atoms with Gasteiger partial charge in [-0.25, -0.2) is 9.37 Å². The second kappa shape index (κ2) is 4.78. The highest BCUT2D eigenvalue weighted by molar-refractivity contribution is 9.10. The number of oxazole rings is 1. The molecule has 108 valence electrons. The van der Waals surface area contributed by atoms with Gasteiger partial charge in [0, 0.05) is 15.4 Å². The Kier molecular flexibility index (Phi) is 2.87. The van der Waals surface area contributed by atoms with Crippen LogP contribution in [0.4, 0.5) is 4.39 Å². The van der Waals surface area contributed by atoms with Crippen molar-refractivity contribution in [1.29, 1.82) is 0 Å². The van der Waals surface area contributed by atoms with E-state index in [2.05, 4.69) is 25.9 Å². The van der Waals surface area contributed by atoms with Crippen molar-refractivity contribution >= 4 is 37.9 Å². The van der Waals surface area contributed by atoms with Gasteiger partial charge in [0.2, 0.25) is 5.89 Å². The van der Waals surface area contributed by atoms with E-state index in [1.165, 1.54) is 12.1 Å². The second-order valence-corrected chi connectivity index (χ2v) is 5.76. The number of aromatic amines is 1. The van der Waals surface area contributed by atoms with E-state index in [0.717, 1.165) is 9.86 Å². The van der Waals surface area contributed by atoms with Crippen LogP contribution in [0.25, 0.3) is 33.5 Å². The first-order chi connectivity index (χ1) is 10.6. The Labute approximate surface area is 131 Å². The van der Waals surface area contributed by atoms with E-state index in [0.29, 0.717) is 16.7 Å². The first kappa shape index (κ1) is 13.2. The van der Waals surface area contributed by atoms with Gasteiger partial charge < -0.3 is 9.40 Å². The van der Waals surface area contributed by atoms with E-state index in [1.807, 2.05) is 12.1 Å². The van der Waals surface area contributed by atoms with Crippen LogP contribution in [0, 0.1) is 5.82 Å². The van der Waals surface area contributed by atoms with Crippen molar-refractivity contribution in [3.05, 3.63) is 63.1 Å². The Balaban J connectivity index is 2.06. The molecule has 4 nitrogen and oxygen atoms in total. The second-order valence-electron chi connectivity index (χ2n) is 4.85. The minimum Gasteiger partial charge on any atom is -0.435 e. The van der Waals surface area contributed by atoms with Crippen LogP contribution in [0.1, 0.15) is 0 Å². The minimum atomic E-state index is -0.341. The molecule has 4 rings (SSSR count). The Morgan fingerprint density at radius 1 is 1.14 bits per heavy atom. The maximum Gasteiger partial charge on any atom is 0.278 e. The Morgan fingerprint density at radius 2 is 1.91 bits per heavy atom. The van der Waals surface area contributed by atoms with E-state index in [4.69, 9.17) is 4.42 Å². The van der Waals surface area contributed by atoms with Gasteiger partial charge in [0.15, 0.2) is 11.1 Å². The van der Waals surface area contributed by atoms with Crippen LogP contribution in [0.3, 0.4) is 0 Å². The summed E-state index contributed by atoms with van der Waals surface area (Å²) in [7, 11) is 0. The van der Waals surface area contributed by atoms with Crippen LogP contribution in [-0.2, 0) is 0 Å². The fourth-order valence-electron chi connectivity index (χ4n) is 2.37. The van der Waals surface area contributed by atoms with Crippen LogP contribution >= 0.6 is 15.9 Å². The lowest BCUT2D eigenvalue weighted by atomic mass is 10.2. The molecule has 0 aliphatic carbocycles. The number of hydrogen-bond acceptors (Lipinski definition) is 3. The average molecular weight is 359 g/mol. The first-order valence-corrected chi connectivity index (χ1v) is 7.29. The normalized spacial score (nSPS) is 11.4. The number of fused-ring (bicyclic) bond motifs is 3. The SMILES string of the molecule is O=c1[nH]c2ccc(Br)cc2c2oc(-c3ccc(F)cc3)nc12. The number of halogens is 2. The van der Waals surface area contributed by atoms with Crippen molar-refractivity contribution in [1.82, 2.24) is 9.97 Å². The molecule has 0 saturated carbocycles. The van der Waals surface area contributed by atoms with Gasteiger partial charge in [-0.05, 0) is 42.5 Å². The predicted molar refractivity (Wildman–Crippen MR) is 85.2 cm³/mol. The molecule has 2 aromatic carbocycles. The molecule has 22 heavy (non-hydrogen) atoms. The summed E-state index contributed by atoms with van der Waals surface area (Å²) in [5.41, 5.74) is 1.61. The number of hydrogen-bond donors (Lipinski definition) is 1. The average Bonchev–Trinajstić information content (AvgIpc) is 2.95.